The molecule has 2 heterocycles. The van der Waals surface area contributed by atoms with Gasteiger partial charge in [0, 0.05) is 56.1 Å². The number of methoxy groups -OCH3 is 1. The normalized spacial score (nSPS) is 18.2. The van der Waals surface area contributed by atoms with E-state index in [-0.39, 0.29) is 24.0 Å². The van der Waals surface area contributed by atoms with Gasteiger partial charge >= 0.3 is 0 Å². The number of guanidine groups is 1. The number of halogens is 1. The van der Waals surface area contributed by atoms with Gasteiger partial charge in [0.25, 0.3) is 0 Å². The Morgan fingerprint density at radius 2 is 2.15 bits per heavy atom. The summed E-state index contributed by atoms with van der Waals surface area (Å²) in [5.41, 5.74) is 3.53. The van der Waals surface area contributed by atoms with Crippen molar-refractivity contribution in [2.24, 2.45) is 10.9 Å². The van der Waals surface area contributed by atoms with Crippen molar-refractivity contribution in [1.29, 1.82) is 0 Å². The standard InChI is InChI=1S/C18H33N5OS.HI/c1-13(2)17-12-22(8-10-25-17)18(19-5)20-11-16-14(3)21-23(15(16)4)7-9-24-6;/h13,17H,7-12H2,1-6H3,(H,19,20);1H. The lowest BCUT2D eigenvalue weighted by atomic mass is 10.1. The molecule has 0 bridgehead atoms. The van der Waals surface area contributed by atoms with Crippen molar-refractivity contribution < 1.29 is 4.74 Å². The predicted octanol–water partition coefficient (Wildman–Crippen LogP) is 2.91. The molecule has 26 heavy (non-hydrogen) atoms. The zero-order chi connectivity index (χ0) is 18.4. The van der Waals surface area contributed by atoms with Gasteiger partial charge in [0.1, 0.15) is 0 Å². The van der Waals surface area contributed by atoms with Gasteiger partial charge in [-0.05, 0) is 19.8 Å². The van der Waals surface area contributed by atoms with Crippen LogP contribution in [-0.2, 0) is 17.8 Å². The number of thioether (sulfide) groups is 1. The van der Waals surface area contributed by atoms with Crippen LogP contribution in [0.5, 0.6) is 0 Å². The van der Waals surface area contributed by atoms with Crippen LogP contribution in [0.15, 0.2) is 4.99 Å². The molecule has 1 saturated heterocycles. The highest BCUT2D eigenvalue weighted by Crippen LogP contribution is 2.25. The summed E-state index contributed by atoms with van der Waals surface area (Å²) in [6.07, 6.45) is 0. The van der Waals surface area contributed by atoms with Crippen LogP contribution in [-0.4, -0.2) is 65.5 Å². The molecular formula is C18H34IN5OS. The molecule has 1 atom stereocenters. The molecule has 0 aromatic carbocycles. The number of nitrogens with zero attached hydrogens (tertiary/aromatic N) is 4. The quantitative estimate of drug-likeness (QED) is 0.374. The van der Waals surface area contributed by atoms with Crippen molar-refractivity contribution in [1.82, 2.24) is 20.0 Å². The Bertz CT molecular complexity index is 590. The van der Waals surface area contributed by atoms with Crippen LogP contribution in [0.4, 0.5) is 0 Å². The zero-order valence-corrected chi connectivity index (χ0v) is 20.1. The SMILES string of the molecule is CN=C(NCc1c(C)nn(CCOC)c1C)N1CCSC(C(C)C)C1.I. The van der Waals surface area contributed by atoms with E-state index < -0.39 is 0 Å². The van der Waals surface area contributed by atoms with E-state index in [1.54, 1.807) is 7.11 Å². The fourth-order valence-electron chi connectivity index (χ4n) is 3.16. The summed E-state index contributed by atoms with van der Waals surface area (Å²) in [6.45, 7) is 13.1. The van der Waals surface area contributed by atoms with E-state index in [0.717, 1.165) is 43.6 Å². The topological polar surface area (TPSA) is 54.7 Å². The molecule has 1 unspecified atom stereocenters. The summed E-state index contributed by atoms with van der Waals surface area (Å²) in [5, 5.41) is 8.86. The Morgan fingerprint density at radius 3 is 2.77 bits per heavy atom. The van der Waals surface area contributed by atoms with Crippen LogP contribution in [0.2, 0.25) is 0 Å². The Labute approximate surface area is 179 Å². The molecule has 0 aliphatic carbocycles. The second-order valence-corrected chi connectivity index (χ2v) is 8.21. The van der Waals surface area contributed by atoms with Gasteiger partial charge in [-0.3, -0.25) is 9.67 Å². The summed E-state index contributed by atoms with van der Waals surface area (Å²) in [6, 6.07) is 0. The van der Waals surface area contributed by atoms with Crippen molar-refractivity contribution in [3.8, 4) is 0 Å². The second-order valence-electron chi connectivity index (χ2n) is 6.87. The van der Waals surface area contributed by atoms with Crippen molar-refractivity contribution in [3.63, 3.8) is 0 Å². The minimum absolute atomic E-state index is 0. The van der Waals surface area contributed by atoms with Crippen molar-refractivity contribution in [3.05, 3.63) is 17.0 Å². The lowest BCUT2D eigenvalue weighted by Gasteiger charge is -2.36. The highest BCUT2D eigenvalue weighted by molar-refractivity contribution is 14.0. The average molecular weight is 495 g/mol. The molecule has 1 aliphatic heterocycles. The largest absolute Gasteiger partial charge is 0.383 e. The summed E-state index contributed by atoms with van der Waals surface area (Å²) < 4.78 is 7.20. The predicted molar refractivity (Wildman–Crippen MR) is 122 cm³/mol. The maximum Gasteiger partial charge on any atom is 0.193 e. The summed E-state index contributed by atoms with van der Waals surface area (Å²) >= 11 is 2.08. The van der Waals surface area contributed by atoms with Crippen LogP contribution in [0, 0.1) is 19.8 Å². The molecular weight excluding hydrogens is 461 g/mol. The molecule has 1 N–H and O–H groups in total. The maximum atomic E-state index is 5.17. The zero-order valence-electron chi connectivity index (χ0n) is 16.9. The van der Waals surface area contributed by atoms with E-state index in [1.165, 1.54) is 11.3 Å². The molecule has 0 spiro atoms. The smallest absolute Gasteiger partial charge is 0.193 e. The number of ether oxygens (including phenoxy) is 1. The Kier molecular flexibility index (Phi) is 10.3. The third-order valence-electron chi connectivity index (χ3n) is 4.81. The van der Waals surface area contributed by atoms with Crippen LogP contribution < -0.4 is 5.32 Å². The van der Waals surface area contributed by atoms with Gasteiger partial charge in [-0.25, -0.2) is 0 Å². The maximum absolute atomic E-state index is 5.17. The number of hydrogen-bond donors (Lipinski definition) is 1. The number of nitrogens with one attached hydrogen (secondary N) is 1. The molecule has 1 fully saturated rings. The fraction of sp³-hybridized carbons (Fsp3) is 0.778. The van der Waals surface area contributed by atoms with Gasteiger partial charge in [-0.15, -0.1) is 24.0 Å². The average Bonchev–Trinajstić information content (AvgIpc) is 2.88. The Morgan fingerprint density at radius 1 is 1.42 bits per heavy atom. The van der Waals surface area contributed by atoms with Crippen LogP contribution in [0.3, 0.4) is 0 Å². The van der Waals surface area contributed by atoms with Gasteiger partial charge in [0.15, 0.2) is 5.96 Å². The lowest BCUT2D eigenvalue weighted by molar-refractivity contribution is 0.182. The highest BCUT2D eigenvalue weighted by Gasteiger charge is 2.25. The molecule has 1 aromatic rings. The molecule has 8 heteroatoms. The number of hydrogen-bond acceptors (Lipinski definition) is 4. The first-order chi connectivity index (χ1) is 12.0. The van der Waals surface area contributed by atoms with Crippen LogP contribution >= 0.6 is 35.7 Å². The van der Waals surface area contributed by atoms with E-state index >= 15 is 0 Å². The number of aliphatic imine (C=N–C) groups is 1. The van der Waals surface area contributed by atoms with E-state index in [1.807, 2.05) is 11.7 Å². The van der Waals surface area contributed by atoms with Crippen molar-refractivity contribution in [2.45, 2.75) is 46.0 Å². The van der Waals surface area contributed by atoms with E-state index in [0.29, 0.717) is 17.8 Å². The molecule has 6 nitrogen and oxygen atoms in total. The molecule has 0 saturated carbocycles. The van der Waals surface area contributed by atoms with E-state index in [2.05, 4.69) is 59.8 Å². The summed E-state index contributed by atoms with van der Waals surface area (Å²) in [5.74, 6) is 2.85. The minimum Gasteiger partial charge on any atom is -0.383 e. The molecule has 0 amide bonds. The van der Waals surface area contributed by atoms with Gasteiger partial charge in [0.2, 0.25) is 0 Å². The third-order valence-corrected chi connectivity index (χ3v) is 6.35. The fourth-order valence-corrected chi connectivity index (χ4v) is 4.45. The first-order valence-corrected chi connectivity index (χ1v) is 10.1. The van der Waals surface area contributed by atoms with Gasteiger partial charge in [0.05, 0.1) is 18.8 Å². The van der Waals surface area contributed by atoms with Crippen LogP contribution in [0.25, 0.3) is 0 Å². The van der Waals surface area contributed by atoms with Crippen molar-refractivity contribution in [2.75, 3.05) is 39.6 Å². The first-order valence-electron chi connectivity index (χ1n) is 9.07. The van der Waals surface area contributed by atoms with Crippen molar-refractivity contribution >= 4 is 41.7 Å². The molecule has 0 radical (unpaired) electrons. The van der Waals surface area contributed by atoms with E-state index in [9.17, 15) is 0 Å². The Balaban J connectivity index is 0.00000338. The summed E-state index contributed by atoms with van der Waals surface area (Å²) in [4.78, 5) is 6.90. The molecule has 150 valence electrons. The van der Waals surface area contributed by atoms with Gasteiger partial charge in [-0.1, -0.05) is 13.8 Å². The van der Waals surface area contributed by atoms with Gasteiger partial charge < -0.3 is 15.0 Å². The van der Waals surface area contributed by atoms with E-state index in [4.69, 9.17) is 4.74 Å². The molecule has 1 aliphatic rings. The summed E-state index contributed by atoms with van der Waals surface area (Å²) in [7, 11) is 3.59. The Hall–Kier alpha value is -0.480. The highest BCUT2D eigenvalue weighted by atomic mass is 127. The number of aromatic nitrogens is 2. The third kappa shape index (κ3) is 6.02. The monoisotopic (exact) mass is 495 g/mol. The van der Waals surface area contributed by atoms with Gasteiger partial charge in [-0.2, -0.15) is 16.9 Å². The number of aryl methyl sites for hydroxylation is 1. The molecule has 2 rings (SSSR count). The lowest BCUT2D eigenvalue weighted by Crippen LogP contribution is -2.48. The van der Waals surface area contributed by atoms with Crippen LogP contribution in [0.1, 0.15) is 30.8 Å². The molecule has 1 aromatic heterocycles. The first kappa shape index (κ1) is 23.6. The minimum atomic E-state index is 0. The number of rotatable bonds is 6. The second kappa shape index (κ2) is 11.4.